The molecule has 2 amide bonds. The normalized spacial score (nSPS) is 17.0. The Morgan fingerprint density at radius 2 is 1.92 bits per heavy atom. The minimum absolute atomic E-state index is 0. The van der Waals surface area contributed by atoms with Gasteiger partial charge in [-0.3, -0.25) is 9.59 Å². The second kappa shape index (κ2) is 9.62. The lowest BCUT2D eigenvalue weighted by atomic mass is 10.00. The standard InChI is InChI=1S/C16H20F3N3O2.ClH/c17-12-5-4-11(14(18)15(12)19)16(24)22-8-2-1-3-10(22)9-21-13(23)6-7-20;/h4-5,10H,1-3,6-9,20H2,(H,21,23);1H. The van der Waals surface area contributed by atoms with Crippen LogP contribution in [0.15, 0.2) is 12.1 Å². The quantitative estimate of drug-likeness (QED) is 0.768. The maximum Gasteiger partial charge on any atom is 0.257 e. The molecule has 1 aliphatic rings. The zero-order chi connectivity index (χ0) is 17.7. The smallest absolute Gasteiger partial charge is 0.257 e. The first-order valence-corrected chi connectivity index (χ1v) is 7.87. The maximum absolute atomic E-state index is 13.9. The third-order valence-corrected chi connectivity index (χ3v) is 4.06. The Labute approximate surface area is 150 Å². The molecule has 9 heteroatoms. The van der Waals surface area contributed by atoms with Gasteiger partial charge in [-0.25, -0.2) is 13.2 Å². The van der Waals surface area contributed by atoms with Gasteiger partial charge in [0.1, 0.15) is 0 Å². The molecule has 0 aromatic heterocycles. The Kier molecular flexibility index (Phi) is 8.18. The zero-order valence-corrected chi connectivity index (χ0v) is 14.4. The number of amides is 2. The zero-order valence-electron chi connectivity index (χ0n) is 13.6. The molecule has 1 aromatic rings. The molecule has 0 aliphatic carbocycles. The molecule has 1 heterocycles. The largest absolute Gasteiger partial charge is 0.354 e. The molecule has 1 aromatic carbocycles. The second-order valence-electron chi connectivity index (χ2n) is 5.71. The number of halogens is 4. The van der Waals surface area contributed by atoms with Crippen LogP contribution in [0.4, 0.5) is 13.2 Å². The van der Waals surface area contributed by atoms with Crippen LogP contribution in [0.5, 0.6) is 0 Å². The van der Waals surface area contributed by atoms with Crippen LogP contribution in [-0.4, -0.2) is 42.4 Å². The Morgan fingerprint density at radius 3 is 2.60 bits per heavy atom. The summed E-state index contributed by atoms with van der Waals surface area (Å²) in [6, 6.07) is 1.35. The Bertz CT molecular complexity index is 631. The van der Waals surface area contributed by atoms with Crippen LogP contribution >= 0.6 is 12.4 Å². The number of piperidine rings is 1. The van der Waals surface area contributed by atoms with E-state index in [1.54, 1.807) is 0 Å². The molecule has 1 saturated heterocycles. The van der Waals surface area contributed by atoms with Gasteiger partial charge in [-0.05, 0) is 31.4 Å². The molecule has 140 valence electrons. The Morgan fingerprint density at radius 1 is 1.20 bits per heavy atom. The second-order valence-corrected chi connectivity index (χ2v) is 5.71. The summed E-state index contributed by atoms with van der Waals surface area (Å²) < 4.78 is 40.3. The van der Waals surface area contributed by atoms with Crippen LogP contribution in [-0.2, 0) is 4.79 Å². The van der Waals surface area contributed by atoms with Crippen LogP contribution in [0.1, 0.15) is 36.0 Å². The maximum atomic E-state index is 13.9. The molecule has 3 N–H and O–H groups in total. The molecule has 5 nitrogen and oxygen atoms in total. The summed E-state index contributed by atoms with van der Waals surface area (Å²) in [5.41, 5.74) is 4.79. The van der Waals surface area contributed by atoms with Crippen molar-refractivity contribution in [2.45, 2.75) is 31.7 Å². The first kappa shape index (κ1) is 21.2. The van der Waals surface area contributed by atoms with E-state index in [9.17, 15) is 22.8 Å². The number of nitrogens with two attached hydrogens (primary N) is 1. The van der Waals surface area contributed by atoms with Gasteiger partial charge in [-0.1, -0.05) is 0 Å². The lowest BCUT2D eigenvalue weighted by molar-refractivity contribution is -0.121. The molecule has 1 atom stereocenters. The van der Waals surface area contributed by atoms with E-state index in [1.165, 1.54) is 4.90 Å². The van der Waals surface area contributed by atoms with Crippen molar-refractivity contribution in [3.8, 4) is 0 Å². The van der Waals surface area contributed by atoms with E-state index in [0.717, 1.165) is 25.0 Å². The highest BCUT2D eigenvalue weighted by molar-refractivity contribution is 5.94. The SMILES string of the molecule is Cl.NCCC(=O)NCC1CCCCN1C(=O)c1ccc(F)c(F)c1F. The third kappa shape index (κ3) is 5.09. The van der Waals surface area contributed by atoms with E-state index >= 15 is 0 Å². The van der Waals surface area contributed by atoms with E-state index in [4.69, 9.17) is 5.73 Å². The average molecular weight is 380 g/mol. The minimum atomic E-state index is -1.66. The Balaban J connectivity index is 0.00000312. The summed E-state index contributed by atoms with van der Waals surface area (Å²) in [5.74, 6) is -5.42. The van der Waals surface area contributed by atoms with E-state index in [0.29, 0.717) is 13.0 Å². The van der Waals surface area contributed by atoms with Gasteiger partial charge in [-0.15, -0.1) is 12.4 Å². The lowest BCUT2D eigenvalue weighted by Gasteiger charge is -2.36. The number of rotatable bonds is 5. The minimum Gasteiger partial charge on any atom is -0.354 e. The van der Waals surface area contributed by atoms with E-state index in [2.05, 4.69) is 5.32 Å². The fourth-order valence-corrected chi connectivity index (χ4v) is 2.78. The van der Waals surface area contributed by atoms with E-state index < -0.39 is 28.9 Å². The number of benzene rings is 1. The molecule has 0 radical (unpaired) electrons. The van der Waals surface area contributed by atoms with Crippen molar-refractivity contribution in [1.29, 1.82) is 0 Å². The molecular weight excluding hydrogens is 359 g/mol. The molecule has 0 saturated carbocycles. The van der Waals surface area contributed by atoms with Crippen molar-refractivity contribution in [2.75, 3.05) is 19.6 Å². The highest BCUT2D eigenvalue weighted by atomic mass is 35.5. The monoisotopic (exact) mass is 379 g/mol. The number of hydrogen-bond donors (Lipinski definition) is 2. The molecule has 25 heavy (non-hydrogen) atoms. The van der Waals surface area contributed by atoms with E-state index in [1.807, 2.05) is 0 Å². The predicted octanol–water partition coefficient (Wildman–Crippen LogP) is 1.99. The fraction of sp³-hybridized carbons (Fsp3) is 0.500. The predicted molar refractivity (Wildman–Crippen MR) is 88.9 cm³/mol. The van der Waals surface area contributed by atoms with Crippen LogP contribution in [0.25, 0.3) is 0 Å². The first-order valence-electron chi connectivity index (χ1n) is 7.87. The summed E-state index contributed by atoms with van der Waals surface area (Å²) >= 11 is 0. The Hall–Kier alpha value is -1.80. The van der Waals surface area contributed by atoms with E-state index in [-0.39, 0.29) is 43.9 Å². The summed E-state index contributed by atoms with van der Waals surface area (Å²) in [7, 11) is 0. The van der Waals surface area contributed by atoms with Gasteiger partial charge in [-0.2, -0.15) is 0 Å². The highest BCUT2D eigenvalue weighted by Crippen LogP contribution is 2.22. The third-order valence-electron chi connectivity index (χ3n) is 4.06. The van der Waals surface area contributed by atoms with Crippen molar-refractivity contribution in [1.82, 2.24) is 10.2 Å². The van der Waals surface area contributed by atoms with Gasteiger partial charge in [0.05, 0.1) is 5.56 Å². The van der Waals surface area contributed by atoms with Gasteiger partial charge < -0.3 is 16.0 Å². The van der Waals surface area contributed by atoms with Crippen molar-refractivity contribution < 1.29 is 22.8 Å². The molecule has 1 fully saturated rings. The molecule has 1 aliphatic heterocycles. The molecular formula is C16H21ClF3N3O2. The molecule has 0 bridgehead atoms. The number of nitrogens with zero attached hydrogens (tertiary/aromatic N) is 1. The van der Waals surface area contributed by atoms with Crippen LogP contribution in [0.2, 0.25) is 0 Å². The number of hydrogen-bond acceptors (Lipinski definition) is 3. The molecule has 2 rings (SSSR count). The number of nitrogens with one attached hydrogen (secondary N) is 1. The van der Waals surface area contributed by atoms with Gasteiger partial charge in [0, 0.05) is 32.1 Å². The van der Waals surface area contributed by atoms with Crippen molar-refractivity contribution >= 4 is 24.2 Å². The molecule has 1 unspecified atom stereocenters. The van der Waals surface area contributed by atoms with Gasteiger partial charge in [0.25, 0.3) is 5.91 Å². The van der Waals surface area contributed by atoms with Crippen molar-refractivity contribution in [3.63, 3.8) is 0 Å². The number of likely N-dealkylation sites (tertiary alicyclic amines) is 1. The highest BCUT2D eigenvalue weighted by Gasteiger charge is 2.30. The lowest BCUT2D eigenvalue weighted by Crippen LogP contribution is -2.49. The average Bonchev–Trinajstić information content (AvgIpc) is 2.58. The summed E-state index contributed by atoms with van der Waals surface area (Å²) in [6.45, 7) is 0.809. The van der Waals surface area contributed by atoms with Crippen molar-refractivity contribution in [2.24, 2.45) is 5.73 Å². The topological polar surface area (TPSA) is 75.4 Å². The fourth-order valence-electron chi connectivity index (χ4n) is 2.78. The van der Waals surface area contributed by atoms with Crippen molar-refractivity contribution in [3.05, 3.63) is 35.1 Å². The summed E-state index contributed by atoms with van der Waals surface area (Å²) in [5, 5.41) is 2.68. The number of carbonyl (C=O) groups excluding carboxylic acids is 2. The van der Waals surface area contributed by atoms with Crippen LogP contribution < -0.4 is 11.1 Å². The van der Waals surface area contributed by atoms with Gasteiger partial charge in [0.15, 0.2) is 17.5 Å². The molecule has 0 spiro atoms. The summed E-state index contributed by atoms with van der Waals surface area (Å²) in [4.78, 5) is 25.5. The van der Waals surface area contributed by atoms with Crippen LogP contribution in [0.3, 0.4) is 0 Å². The van der Waals surface area contributed by atoms with Gasteiger partial charge >= 0.3 is 0 Å². The van der Waals surface area contributed by atoms with Crippen LogP contribution in [0, 0.1) is 17.5 Å². The summed E-state index contributed by atoms with van der Waals surface area (Å²) in [6.07, 6.45) is 2.41. The number of carbonyl (C=O) groups is 2. The first-order chi connectivity index (χ1) is 11.5. The van der Waals surface area contributed by atoms with Gasteiger partial charge in [0.2, 0.25) is 5.91 Å².